The molecule has 0 bridgehead atoms. The molecule has 1 N–H and O–H groups in total. The smallest absolute Gasteiger partial charge is 0.153 e. The topological polar surface area (TPSA) is 91.0 Å². The second kappa shape index (κ2) is 5.04. The van der Waals surface area contributed by atoms with Crippen molar-refractivity contribution in [2.24, 2.45) is 0 Å². The summed E-state index contributed by atoms with van der Waals surface area (Å²) in [5.74, 6) is 0.246. The van der Waals surface area contributed by atoms with Gasteiger partial charge in [-0.1, -0.05) is 6.07 Å². The van der Waals surface area contributed by atoms with Crippen LogP contribution in [-0.2, 0) is 22.9 Å². The molecule has 1 aliphatic rings. The maximum absolute atomic E-state index is 11.8. The molecule has 1 aliphatic heterocycles. The van der Waals surface area contributed by atoms with Crippen molar-refractivity contribution in [2.45, 2.75) is 31.1 Å². The van der Waals surface area contributed by atoms with Crippen molar-refractivity contribution >= 4 is 9.84 Å². The van der Waals surface area contributed by atoms with Crippen molar-refractivity contribution < 1.29 is 13.5 Å². The standard InChI is InChI=1S/C12H14N2O3S/c13-7-10-4-3-9(12(8-15)14-10)6-11-2-1-5-18(11,16)17/h3-4,11,15H,1-2,5-6,8H2. The molecule has 1 aromatic rings. The van der Waals surface area contributed by atoms with E-state index in [4.69, 9.17) is 5.26 Å². The van der Waals surface area contributed by atoms with Gasteiger partial charge in [0.1, 0.15) is 11.8 Å². The second-order valence-electron chi connectivity index (χ2n) is 4.41. The molecule has 1 fully saturated rings. The number of aliphatic hydroxyl groups excluding tert-OH is 1. The van der Waals surface area contributed by atoms with Gasteiger partial charge in [-0.25, -0.2) is 13.4 Å². The molecule has 18 heavy (non-hydrogen) atoms. The molecule has 0 spiro atoms. The van der Waals surface area contributed by atoms with Gasteiger partial charge in [0.25, 0.3) is 0 Å². The summed E-state index contributed by atoms with van der Waals surface area (Å²) in [6, 6.07) is 5.14. The first-order chi connectivity index (χ1) is 8.56. The second-order valence-corrected chi connectivity index (χ2v) is 6.81. The van der Waals surface area contributed by atoms with E-state index < -0.39 is 9.84 Å². The zero-order valence-electron chi connectivity index (χ0n) is 9.83. The number of hydrogen-bond acceptors (Lipinski definition) is 5. The monoisotopic (exact) mass is 266 g/mol. The van der Waals surface area contributed by atoms with Gasteiger partial charge in [-0.05, 0) is 30.9 Å². The average molecular weight is 266 g/mol. The molecule has 96 valence electrons. The molecular formula is C12H14N2O3S. The Balaban J connectivity index is 2.27. The highest BCUT2D eigenvalue weighted by atomic mass is 32.2. The Morgan fingerprint density at radius 2 is 2.28 bits per heavy atom. The minimum atomic E-state index is -3.00. The van der Waals surface area contributed by atoms with E-state index in [9.17, 15) is 13.5 Å². The molecule has 0 aliphatic carbocycles. The molecular weight excluding hydrogens is 252 g/mol. The van der Waals surface area contributed by atoms with E-state index in [1.807, 2.05) is 6.07 Å². The highest BCUT2D eigenvalue weighted by molar-refractivity contribution is 7.92. The quantitative estimate of drug-likeness (QED) is 0.863. The Morgan fingerprint density at radius 3 is 2.83 bits per heavy atom. The van der Waals surface area contributed by atoms with Crippen molar-refractivity contribution in [1.29, 1.82) is 5.26 Å². The molecule has 2 rings (SSSR count). The van der Waals surface area contributed by atoms with Crippen LogP contribution in [-0.4, -0.2) is 29.5 Å². The molecule has 2 heterocycles. The lowest BCUT2D eigenvalue weighted by atomic mass is 10.1. The predicted octanol–water partition coefficient (Wildman–Crippen LogP) is 0.565. The number of aliphatic hydroxyl groups is 1. The molecule has 0 radical (unpaired) electrons. The van der Waals surface area contributed by atoms with E-state index in [1.54, 1.807) is 12.1 Å². The zero-order valence-corrected chi connectivity index (χ0v) is 10.7. The molecule has 6 heteroatoms. The van der Waals surface area contributed by atoms with Gasteiger partial charge in [0.05, 0.1) is 23.3 Å². The molecule has 0 saturated carbocycles. The summed E-state index contributed by atoms with van der Waals surface area (Å²) >= 11 is 0. The third-order valence-corrected chi connectivity index (χ3v) is 5.52. The maximum atomic E-state index is 11.8. The van der Waals surface area contributed by atoms with Crippen molar-refractivity contribution in [1.82, 2.24) is 4.98 Å². The van der Waals surface area contributed by atoms with Crippen molar-refractivity contribution in [3.63, 3.8) is 0 Å². The summed E-state index contributed by atoms with van der Waals surface area (Å²) in [6.07, 6.45) is 1.73. The Bertz CT molecular complexity index is 590. The van der Waals surface area contributed by atoms with Crippen LogP contribution in [0.25, 0.3) is 0 Å². The summed E-state index contributed by atoms with van der Waals surface area (Å²) in [4.78, 5) is 3.99. The first kappa shape index (κ1) is 13.0. The summed E-state index contributed by atoms with van der Waals surface area (Å²) in [6.45, 7) is -0.280. The van der Waals surface area contributed by atoms with E-state index in [1.165, 1.54) is 0 Å². The van der Waals surface area contributed by atoms with Crippen LogP contribution in [0.3, 0.4) is 0 Å². The lowest BCUT2D eigenvalue weighted by Crippen LogP contribution is -2.19. The van der Waals surface area contributed by atoms with E-state index in [0.717, 1.165) is 0 Å². The number of nitrogens with zero attached hydrogens (tertiary/aromatic N) is 2. The van der Waals surface area contributed by atoms with Gasteiger partial charge in [-0.3, -0.25) is 0 Å². The van der Waals surface area contributed by atoms with E-state index in [0.29, 0.717) is 30.5 Å². The number of aromatic nitrogens is 1. The minimum Gasteiger partial charge on any atom is -0.390 e. The number of pyridine rings is 1. The third-order valence-electron chi connectivity index (χ3n) is 3.24. The molecule has 5 nitrogen and oxygen atoms in total. The van der Waals surface area contributed by atoms with Crippen LogP contribution in [0.2, 0.25) is 0 Å². The molecule has 1 unspecified atom stereocenters. The normalized spacial score (nSPS) is 21.7. The highest BCUT2D eigenvalue weighted by Gasteiger charge is 2.31. The predicted molar refractivity (Wildman–Crippen MR) is 65.4 cm³/mol. The first-order valence-corrected chi connectivity index (χ1v) is 7.49. The number of hydrogen-bond donors (Lipinski definition) is 1. The largest absolute Gasteiger partial charge is 0.390 e. The molecule has 1 saturated heterocycles. The summed E-state index contributed by atoms with van der Waals surface area (Å²) in [5, 5.41) is 17.6. The van der Waals surface area contributed by atoms with Crippen LogP contribution in [0.1, 0.15) is 29.8 Å². The minimum absolute atomic E-state index is 0.233. The average Bonchev–Trinajstić information content (AvgIpc) is 2.69. The highest BCUT2D eigenvalue weighted by Crippen LogP contribution is 2.24. The maximum Gasteiger partial charge on any atom is 0.153 e. The summed E-state index contributed by atoms with van der Waals surface area (Å²) in [7, 11) is -3.00. The Hall–Kier alpha value is -1.45. The van der Waals surface area contributed by atoms with E-state index in [2.05, 4.69) is 4.98 Å². The fourth-order valence-electron chi connectivity index (χ4n) is 2.25. The van der Waals surface area contributed by atoms with Gasteiger partial charge in [-0.15, -0.1) is 0 Å². The summed E-state index contributed by atoms with van der Waals surface area (Å²) < 4.78 is 23.5. The molecule has 0 aromatic carbocycles. The fourth-order valence-corrected chi connectivity index (χ4v) is 4.11. The van der Waals surface area contributed by atoms with Crippen LogP contribution in [0.5, 0.6) is 0 Å². The van der Waals surface area contributed by atoms with Crippen LogP contribution in [0.15, 0.2) is 12.1 Å². The number of nitriles is 1. The SMILES string of the molecule is N#Cc1ccc(CC2CCCS2(=O)=O)c(CO)n1. The third kappa shape index (κ3) is 2.52. The van der Waals surface area contributed by atoms with E-state index >= 15 is 0 Å². The van der Waals surface area contributed by atoms with Gasteiger partial charge in [-0.2, -0.15) is 5.26 Å². The van der Waals surface area contributed by atoms with Crippen LogP contribution < -0.4 is 0 Å². The van der Waals surface area contributed by atoms with Crippen molar-refractivity contribution in [3.8, 4) is 6.07 Å². The molecule has 1 aromatic heterocycles. The Kier molecular flexibility index (Phi) is 3.64. The number of rotatable bonds is 3. The molecule has 1 atom stereocenters. The van der Waals surface area contributed by atoms with Crippen molar-refractivity contribution in [2.75, 3.05) is 5.75 Å². The van der Waals surface area contributed by atoms with Gasteiger partial charge < -0.3 is 5.11 Å². The Morgan fingerprint density at radius 1 is 1.50 bits per heavy atom. The van der Waals surface area contributed by atoms with Crippen LogP contribution in [0, 0.1) is 11.3 Å². The Labute approximate surface area is 106 Å². The first-order valence-electron chi connectivity index (χ1n) is 5.78. The van der Waals surface area contributed by atoms with Gasteiger partial charge in [0, 0.05) is 0 Å². The summed E-state index contributed by atoms with van der Waals surface area (Å²) in [5.41, 5.74) is 1.35. The lowest BCUT2D eigenvalue weighted by Gasteiger charge is -2.11. The zero-order chi connectivity index (χ0) is 13.2. The van der Waals surface area contributed by atoms with Gasteiger partial charge in [0.15, 0.2) is 9.84 Å². The van der Waals surface area contributed by atoms with Gasteiger partial charge in [0.2, 0.25) is 0 Å². The number of sulfone groups is 1. The van der Waals surface area contributed by atoms with E-state index in [-0.39, 0.29) is 23.3 Å². The van der Waals surface area contributed by atoms with Crippen molar-refractivity contribution in [3.05, 3.63) is 29.1 Å². The fraction of sp³-hybridized carbons (Fsp3) is 0.500. The van der Waals surface area contributed by atoms with Crippen LogP contribution >= 0.6 is 0 Å². The van der Waals surface area contributed by atoms with Gasteiger partial charge >= 0.3 is 0 Å². The molecule has 0 amide bonds. The lowest BCUT2D eigenvalue weighted by molar-refractivity contribution is 0.275. The van der Waals surface area contributed by atoms with Crippen LogP contribution in [0.4, 0.5) is 0 Å².